The molecular weight excluding hydrogens is 281 g/mol. The van der Waals surface area contributed by atoms with Crippen molar-refractivity contribution in [3.63, 3.8) is 0 Å². The first-order chi connectivity index (χ1) is 9.26. The van der Waals surface area contributed by atoms with Crippen molar-refractivity contribution in [3.05, 3.63) is 18.1 Å². The highest BCUT2D eigenvalue weighted by Gasteiger charge is 2.37. The van der Waals surface area contributed by atoms with E-state index in [4.69, 9.17) is 5.11 Å². The normalized spacial score (nSPS) is 15.8. The van der Waals surface area contributed by atoms with Crippen molar-refractivity contribution in [1.82, 2.24) is 14.9 Å². The Hall–Kier alpha value is -2.39. The Morgan fingerprint density at radius 1 is 1.35 bits per heavy atom. The monoisotopic (exact) mass is 290 g/mol. The van der Waals surface area contributed by atoms with Crippen LogP contribution >= 0.6 is 0 Å². The van der Waals surface area contributed by atoms with Crippen LogP contribution in [0.1, 0.15) is 10.5 Å². The minimum atomic E-state index is -4.47. The molecule has 0 radical (unpaired) electrons. The van der Waals surface area contributed by atoms with Crippen LogP contribution in [0.3, 0.4) is 0 Å². The van der Waals surface area contributed by atoms with Gasteiger partial charge >= 0.3 is 12.1 Å². The number of aromatic nitrogens is 2. The third kappa shape index (κ3) is 3.13. The number of carboxylic acids is 1. The third-order valence-corrected chi connectivity index (χ3v) is 2.57. The van der Waals surface area contributed by atoms with Crippen molar-refractivity contribution in [1.29, 1.82) is 0 Å². The molecule has 0 atom stereocenters. The Labute approximate surface area is 110 Å². The van der Waals surface area contributed by atoms with Gasteiger partial charge in [-0.2, -0.15) is 13.2 Å². The van der Waals surface area contributed by atoms with Crippen LogP contribution in [0.5, 0.6) is 0 Å². The highest BCUT2D eigenvalue weighted by Crippen LogP contribution is 2.21. The Morgan fingerprint density at radius 2 is 2.05 bits per heavy atom. The molecule has 0 aromatic carbocycles. The molecule has 0 unspecified atom stereocenters. The van der Waals surface area contributed by atoms with Gasteiger partial charge in [0.2, 0.25) is 5.91 Å². The minimum absolute atomic E-state index is 0.146. The number of aromatic carboxylic acids is 1. The zero-order chi connectivity index (χ0) is 14.9. The van der Waals surface area contributed by atoms with E-state index in [-0.39, 0.29) is 24.7 Å². The molecule has 2 rings (SSSR count). The van der Waals surface area contributed by atoms with Gasteiger partial charge in [-0.25, -0.2) is 14.8 Å². The van der Waals surface area contributed by atoms with Crippen molar-refractivity contribution in [2.45, 2.75) is 6.18 Å². The molecule has 1 aliphatic rings. The smallest absolute Gasteiger partial charge is 0.406 e. The lowest BCUT2D eigenvalue weighted by Gasteiger charge is -2.19. The van der Waals surface area contributed by atoms with E-state index in [0.717, 1.165) is 12.4 Å². The van der Waals surface area contributed by atoms with Crippen molar-refractivity contribution < 1.29 is 27.9 Å². The predicted molar refractivity (Wildman–Crippen MR) is 59.0 cm³/mol. The summed E-state index contributed by atoms with van der Waals surface area (Å²) in [6.45, 7) is -1.85. The molecule has 0 aliphatic carbocycles. The minimum Gasteiger partial charge on any atom is -0.476 e. The van der Waals surface area contributed by atoms with Gasteiger partial charge in [-0.3, -0.25) is 4.79 Å². The summed E-state index contributed by atoms with van der Waals surface area (Å²) in [6, 6.07) is 0. The molecule has 1 N–H and O–H groups in total. The van der Waals surface area contributed by atoms with E-state index in [1.54, 1.807) is 0 Å². The number of hydrogen-bond acceptors (Lipinski definition) is 5. The maximum atomic E-state index is 12.2. The molecule has 20 heavy (non-hydrogen) atoms. The first-order valence-electron chi connectivity index (χ1n) is 5.41. The second kappa shape index (κ2) is 4.94. The first kappa shape index (κ1) is 14.0. The summed E-state index contributed by atoms with van der Waals surface area (Å²) in [4.78, 5) is 31.3. The highest BCUT2D eigenvalue weighted by atomic mass is 19.4. The number of carbonyl (C=O) groups is 2. The van der Waals surface area contributed by atoms with E-state index < -0.39 is 24.6 Å². The van der Waals surface area contributed by atoms with E-state index in [2.05, 4.69) is 9.97 Å². The van der Waals surface area contributed by atoms with Gasteiger partial charge in [0.25, 0.3) is 0 Å². The number of carboxylic acid groups (broad SMARTS) is 1. The lowest BCUT2D eigenvalue weighted by atomic mass is 10.4. The number of alkyl halides is 3. The Bertz CT molecular complexity index is 532. The Kier molecular flexibility index (Phi) is 3.47. The summed E-state index contributed by atoms with van der Waals surface area (Å²) in [7, 11) is 0. The second-order valence-electron chi connectivity index (χ2n) is 4.11. The number of halogens is 3. The van der Waals surface area contributed by atoms with Crippen LogP contribution in [0.15, 0.2) is 12.4 Å². The fraction of sp³-hybridized carbons (Fsp3) is 0.400. The fourth-order valence-electron chi connectivity index (χ4n) is 1.70. The summed E-state index contributed by atoms with van der Waals surface area (Å²) in [5, 5.41) is 8.65. The van der Waals surface area contributed by atoms with Crippen LogP contribution in [0.25, 0.3) is 0 Å². The number of carbonyl (C=O) groups excluding carboxylic acids is 1. The molecule has 2 heterocycles. The molecule has 10 heteroatoms. The van der Waals surface area contributed by atoms with Crippen LogP contribution in [-0.2, 0) is 4.79 Å². The summed E-state index contributed by atoms with van der Waals surface area (Å²) in [5.41, 5.74) is -0.286. The average molecular weight is 290 g/mol. The predicted octanol–water partition coefficient (Wildman–Crippen LogP) is 0.343. The largest absolute Gasteiger partial charge is 0.476 e. The fourth-order valence-corrected chi connectivity index (χ4v) is 1.70. The number of nitrogens with zero attached hydrogens (tertiary/aromatic N) is 4. The van der Waals surface area contributed by atoms with Crippen LogP contribution < -0.4 is 4.90 Å². The molecule has 1 aromatic rings. The zero-order valence-corrected chi connectivity index (χ0v) is 9.96. The van der Waals surface area contributed by atoms with Gasteiger partial charge in [0.15, 0.2) is 5.69 Å². The van der Waals surface area contributed by atoms with Gasteiger partial charge in [-0.1, -0.05) is 0 Å². The third-order valence-electron chi connectivity index (χ3n) is 2.57. The molecule has 1 fully saturated rings. The van der Waals surface area contributed by atoms with E-state index in [9.17, 15) is 22.8 Å². The van der Waals surface area contributed by atoms with E-state index in [0.29, 0.717) is 4.90 Å². The van der Waals surface area contributed by atoms with Crippen molar-refractivity contribution in [3.8, 4) is 0 Å². The molecule has 1 aromatic heterocycles. The van der Waals surface area contributed by atoms with Crippen LogP contribution in [0, 0.1) is 0 Å². The van der Waals surface area contributed by atoms with E-state index in [1.807, 2.05) is 0 Å². The SMILES string of the molecule is O=C(O)c1cnc(N2CC(=O)N(CC(F)(F)F)C2)cn1. The maximum absolute atomic E-state index is 12.2. The van der Waals surface area contributed by atoms with Crippen LogP contribution in [-0.4, -0.2) is 57.8 Å². The summed E-state index contributed by atoms with van der Waals surface area (Å²) < 4.78 is 36.7. The second-order valence-corrected chi connectivity index (χ2v) is 4.11. The summed E-state index contributed by atoms with van der Waals surface area (Å²) >= 11 is 0. The van der Waals surface area contributed by atoms with Gasteiger partial charge in [0, 0.05) is 0 Å². The van der Waals surface area contributed by atoms with E-state index >= 15 is 0 Å². The molecule has 0 spiro atoms. The quantitative estimate of drug-likeness (QED) is 0.864. The highest BCUT2D eigenvalue weighted by molar-refractivity contribution is 5.86. The number of amides is 1. The summed E-state index contributed by atoms with van der Waals surface area (Å²) in [6.07, 6.45) is -2.38. The molecule has 1 saturated heterocycles. The molecule has 0 bridgehead atoms. The molecule has 7 nitrogen and oxygen atoms in total. The van der Waals surface area contributed by atoms with Gasteiger partial charge < -0.3 is 14.9 Å². The van der Waals surface area contributed by atoms with E-state index in [1.165, 1.54) is 4.90 Å². The number of anilines is 1. The number of rotatable bonds is 3. The van der Waals surface area contributed by atoms with Gasteiger partial charge in [-0.15, -0.1) is 0 Å². The van der Waals surface area contributed by atoms with Crippen molar-refractivity contribution in [2.24, 2.45) is 0 Å². The van der Waals surface area contributed by atoms with Crippen LogP contribution in [0.2, 0.25) is 0 Å². The van der Waals surface area contributed by atoms with Crippen molar-refractivity contribution in [2.75, 3.05) is 24.7 Å². The molecular formula is C10H9F3N4O3. The Balaban J connectivity index is 2.08. The lowest BCUT2D eigenvalue weighted by molar-refractivity contribution is -0.156. The molecule has 0 saturated carbocycles. The van der Waals surface area contributed by atoms with Gasteiger partial charge in [0.05, 0.1) is 19.1 Å². The standard InChI is InChI=1S/C10H9F3N4O3/c11-10(12,13)4-17-5-16(3-8(17)18)7-2-14-6(1-15-7)9(19)20/h1-2H,3-5H2,(H,19,20). The molecule has 108 valence electrons. The summed E-state index contributed by atoms with van der Waals surface area (Å²) in [5.74, 6) is -1.79. The average Bonchev–Trinajstić information content (AvgIpc) is 2.69. The Morgan fingerprint density at radius 3 is 2.55 bits per heavy atom. The molecule has 1 amide bonds. The molecule has 1 aliphatic heterocycles. The number of hydrogen-bond donors (Lipinski definition) is 1. The van der Waals surface area contributed by atoms with Crippen LogP contribution in [0.4, 0.5) is 19.0 Å². The zero-order valence-electron chi connectivity index (χ0n) is 9.96. The van der Waals surface area contributed by atoms with Gasteiger partial charge in [-0.05, 0) is 0 Å². The first-order valence-corrected chi connectivity index (χ1v) is 5.41. The lowest BCUT2D eigenvalue weighted by Crippen LogP contribution is -2.36. The van der Waals surface area contributed by atoms with Crippen molar-refractivity contribution >= 4 is 17.7 Å². The topological polar surface area (TPSA) is 86.6 Å². The van der Waals surface area contributed by atoms with Gasteiger partial charge in [0.1, 0.15) is 18.9 Å². The maximum Gasteiger partial charge on any atom is 0.406 e.